The normalized spacial score (nSPS) is 10.8. The van der Waals surface area contributed by atoms with Gasteiger partial charge in [0.05, 0.1) is 34.3 Å². The highest BCUT2D eigenvalue weighted by Crippen LogP contribution is 2.17. The van der Waals surface area contributed by atoms with Gasteiger partial charge in [0.15, 0.2) is 6.61 Å². The molecule has 9 heteroatoms. The van der Waals surface area contributed by atoms with Gasteiger partial charge in [-0.05, 0) is 26.0 Å². The van der Waals surface area contributed by atoms with Gasteiger partial charge in [0.2, 0.25) is 0 Å². The number of benzene rings is 1. The fraction of sp³-hybridized carbons (Fsp3) is 0.278. The van der Waals surface area contributed by atoms with Crippen molar-refractivity contribution in [3.05, 3.63) is 52.3 Å². The zero-order valence-electron chi connectivity index (χ0n) is 15.2. The molecule has 0 aliphatic heterocycles. The highest BCUT2D eigenvalue weighted by atomic mass is 16.5. The van der Waals surface area contributed by atoms with Gasteiger partial charge >= 0.3 is 5.97 Å². The first kappa shape index (κ1) is 18.3. The first-order valence-electron chi connectivity index (χ1n) is 8.26. The number of hydrogen-bond acceptors (Lipinski definition) is 6. The minimum absolute atomic E-state index is 0.325. The Morgan fingerprint density at radius 1 is 1.22 bits per heavy atom. The van der Waals surface area contributed by atoms with Crippen LogP contribution in [0.4, 0.5) is 5.69 Å². The fourth-order valence-electron chi connectivity index (χ4n) is 2.68. The molecule has 140 valence electrons. The van der Waals surface area contributed by atoms with Gasteiger partial charge in [0, 0.05) is 7.05 Å². The number of para-hydroxylation sites is 1. The summed E-state index contributed by atoms with van der Waals surface area (Å²) in [4.78, 5) is 40.5. The van der Waals surface area contributed by atoms with Crippen LogP contribution in [-0.4, -0.2) is 37.8 Å². The number of nitrogens with zero attached hydrogens (tertiary/aromatic N) is 4. The summed E-state index contributed by atoms with van der Waals surface area (Å²) in [5.41, 5.74) is 2.26. The lowest BCUT2D eigenvalue weighted by atomic mass is 10.2. The molecule has 1 N–H and O–H groups in total. The van der Waals surface area contributed by atoms with Gasteiger partial charge in [-0.3, -0.25) is 23.6 Å². The highest BCUT2D eigenvalue weighted by Gasteiger charge is 2.15. The Morgan fingerprint density at radius 2 is 1.96 bits per heavy atom. The molecular formula is C18H19N5O4. The third kappa shape index (κ3) is 3.86. The Hall–Kier alpha value is -3.49. The van der Waals surface area contributed by atoms with Crippen LogP contribution in [0.15, 0.2) is 35.4 Å². The largest absolute Gasteiger partial charge is 0.454 e. The summed E-state index contributed by atoms with van der Waals surface area (Å²) < 4.78 is 7.77. The molecule has 27 heavy (non-hydrogen) atoms. The maximum Gasteiger partial charge on any atom is 0.326 e. The first-order chi connectivity index (χ1) is 12.9. The number of amides is 1. The molecule has 0 bridgehead atoms. The molecular weight excluding hydrogens is 350 g/mol. The number of hydrogen-bond donors (Lipinski definition) is 1. The predicted octanol–water partition coefficient (Wildman–Crippen LogP) is 0.929. The number of aromatic nitrogens is 4. The minimum Gasteiger partial charge on any atom is -0.454 e. The summed E-state index contributed by atoms with van der Waals surface area (Å²) in [7, 11) is 1.77. The summed E-state index contributed by atoms with van der Waals surface area (Å²) in [5, 5.41) is 7.28. The zero-order valence-corrected chi connectivity index (χ0v) is 15.2. The monoisotopic (exact) mass is 369 g/mol. The maximum absolute atomic E-state index is 12.3. The van der Waals surface area contributed by atoms with Crippen LogP contribution in [0.3, 0.4) is 0 Å². The van der Waals surface area contributed by atoms with Crippen molar-refractivity contribution in [3.63, 3.8) is 0 Å². The average molecular weight is 369 g/mol. The Morgan fingerprint density at radius 3 is 2.67 bits per heavy atom. The molecule has 3 rings (SSSR count). The summed E-state index contributed by atoms with van der Waals surface area (Å²) >= 11 is 0. The van der Waals surface area contributed by atoms with E-state index in [1.807, 2.05) is 6.92 Å². The van der Waals surface area contributed by atoms with E-state index >= 15 is 0 Å². The predicted molar refractivity (Wildman–Crippen MR) is 98.3 cm³/mol. The van der Waals surface area contributed by atoms with Gasteiger partial charge < -0.3 is 10.1 Å². The Bertz CT molecular complexity index is 1080. The van der Waals surface area contributed by atoms with Crippen LogP contribution in [0.2, 0.25) is 0 Å². The number of carbonyl (C=O) groups excluding carboxylic acids is 2. The Balaban J connectivity index is 1.61. The van der Waals surface area contributed by atoms with Crippen molar-refractivity contribution in [2.24, 2.45) is 7.05 Å². The number of fused-ring (bicyclic) bond motifs is 1. The molecule has 9 nitrogen and oxygen atoms in total. The number of esters is 1. The van der Waals surface area contributed by atoms with Crippen LogP contribution in [0.5, 0.6) is 0 Å². The number of rotatable bonds is 5. The van der Waals surface area contributed by atoms with Crippen molar-refractivity contribution in [2.75, 3.05) is 11.9 Å². The quantitative estimate of drug-likeness (QED) is 0.670. The number of aryl methyl sites for hydroxylation is 2. The molecule has 0 radical (unpaired) electrons. The fourth-order valence-corrected chi connectivity index (χ4v) is 2.68. The Labute approximate surface area is 154 Å². The van der Waals surface area contributed by atoms with Crippen LogP contribution in [0.25, 0.3) is 10.9 Å². The van der Waals surface area contributed by atoms with E-state index in [0.29, 0.717) is 22.3 Å². The lowest BCUT2D eigenvalue weighted by Crippen LogP contribution is -2.28. The molecule has 2 aromatic heterocycles. The summed E-state index contributed by atoms with van der Waals surface area (Å²) in [5.74, 6) is -1.18. The van der Waals surface area contributed by atoms with Crippen molar-refractivity contribution < 1.29 is 14.3 Å². The lowest BCUT2D eigenvalue weighted by molar-refractivity contribution is -0.147. The second-order valence-electron chi connectivity index (χ2n) is 6.07. The van der Waals surface area contributed by atoms with Gasteiger partial charge in [0.25, 0.3) is 11.5 Å². The smallest absolute Gasteiger partial charge is 0.326 e. The number of nitrogens with one attached hydrogen (secondary N) is 1. The minimum atomic E-state index is -0.705. The second kappa shape index (κ2) is 7.40. The van der Waals surface area contributed by atoms with Gasteiger partial charge in [-0.15, -0.1) is 0 Å². The van der Waals surface area contributed by atoms with Crippen LogP contribution >= 0.6 is 0 Å². The molecule has 0 aliphatic rings. The van der Waals surface area contributed by atoms with Crippen molar-refractivity contribution in [1.82, 2.24) is 19.3 Å². The van der Waals surface area contributed by atoms with Crippen LogP contribution < -0.4 is 10.9 Å². The third-order valence-electron chi connectivity index (χ3n) is 4.17. The lowest BCUT2D eigenvalue weighted by Gasteiger charge is -2.08. The molecule has 1 amide bonds. The van der Waals surface area contributed by atoms with Gasteiger partial charge in [-0.1, -0.05) is 12.1 Å². The van der Waals surface area contributed by atoms with E-state index in [9.17, 15) is 14.4 Å². The van der Waals surface area contributed by atoms with Gasteiger partial charge in [-0.2, -0.15) is 5.10 Å². The molecule has 0 aliphatic carbocycles. The molecule has 0 saturated carbocycles. The standard InChI is InChI=1S/C18H19N5O4/c1-11-17(12(2)22(3)21-11)20-15(24)9-27-16(25)8-23-10-19-14-7-5-4-6-13(14)18(23)26/h4-7,10H,8-9H2,1-3H3,(H,20,24). The van der Waals surface area contributed by atoms with E-state index < -0.39 is 18.5 Å². The molecule has 0 unspecified atom stereocenters. The first-order valence-corrected chi connectivity index (χ1v) is 8.26. The summed E-state index contributed by atoms with van der Waals surface area (Å²) in [6.07, 6.45) is 1.29. The van der Waals surface area contributed by atoms with E-state index in [2.05, 4.69) is 15.4 Å². The SMILES string of the molecule is Cc1nn(C)c(C)c1NC(=O)COC(=O)Cn1cnc2ccccc2c1=O. The number of carbonyl (C=O) groups is 2. The van der Waals surface area contributed by atoms with Crippen molar-refractivity contribution in [3.8, 4) is 0 Å². The topological polar surface area (TPSA) is 108 Å². The van der Waals surface area contributed by atoms with E-state index in [0.717, 1.165) is 10.3 Å². The van der Waals surface area contributed by atoms with E-state index in [1.165, 1.54) is 6.33 Å². The summed E-state index contributed by atoms with van der Waals surface area (Å²) in [6.45, 7) is 2.81. The van der Waals surface area contributed by atoms with Gasteiger partial charge in [0.1, 0.15) is 6.54 Å². The van der Waals surface area contributed by atoms with Crippen LogP contribution in [0, 0.1) is 13.8 Å². The maximum atomic E-state index is 12.3. The van der Waals surface area contributed by atoms with Crippen LogP contribution in [-0.2, 0) is 27.9 Å². The van der Waals surface area contributed by atoms with E-state index in [4.69, 9.17) is 4.74 Å². The van der Waals surface area contributed by atoms with Crippen LogP contribution in [0.1, 0.15) is 11.4 Å². The molecule has 0 saturated heterocycles. The summed E-state index contributed by atoms with van der Waals surface area (Å²) in [6, 6.07) is 6.85. The second-order valence-corrected chi connectivity index (χ2v) is 6.07. The molecule has 3 aromatic rings. The van der Waals surface area contributed by atoms with E-state index in [1.54, 1.807) is 42.9 Å². The average Bonchev–Trinajstić information content (AvgIpc) is 2.89. The Kier molecular flexibility index (Phi) is 5.02. The van der Waals surface area contributed by atoms with Crippen molar-refractivity contribution >= 4 is 28.5 Å². The molecule has 0 fully saturated rings. The highest BCUT2D eigenvalue weighted by molar-refractivity contribution is 5.93. The molecule has 0 spiro atoms. The van der Waals surface area contributed by atoms with Crippen molar-refractivity contribution in [2.45, 2.75) is 20.4 Å². The van der Waals surface area contributed by atoms with Gasteiger partial charge in [-0.25, -0.2) is 4.98 Å². The molecule has 1 aromatic carbocycles. The zero-order chi connectivity index (χ0) is 19.6. The van der Waals surface area contributed by atoms with Crippen molar-refractivity contribution in [1.29, 1.82) is 0 Å². The number of ether oxygens (including phenoxy) is 1. The third-order valence-corrected chi connectivity index (χ3v) is 4.17. The molecule has 2 heterocycles. The molecule has 0 atom stereocenters. The number of anilines is 1. The van der Waals surface area contributed by atoms with E-state index in [-0.39, 0.29) is 12.1 Å².